The fourth-order valence-electron chi connectivity index (χ4n) is 7.25. The number of carboxylic acid groups (broad SMARTS) is 1. The third-order valence-corrected chi connectivity index (χ3v) is 8.23. The van der Waals surface area contributed by atoms with Crippen molar-refractivity contribution >= 4 is 11.9 Å². The van der Waals surface area contributed by atoms with Gasteiger partial charge >= 0.3 is 5.97 Å². The van der Waals surface area contributed by atoms with Crippen LogP contribution in [0.15, 0.2) is 10.6 Å². The summed E-state index contributed by atoms with van der Waals surface area (Å²) in [5, 5.41) is 16.8. The number of likely N-dealkylation sites (tertiary alicyclic amines) is 1. The Bertz CT molecular complexity index is 807. The van der Waals surface area contributed by atoms with Crippen LogP contribution in [0.25, 0.3) is 0 Å². The van der Waals surface area contributed by atoms with Crippen LogP contribution in [0.4, 0.5) is 0 Å². The molecule has 1 amide bonds. The topological polar surface area (TPSA) is 95.7 Å². The van der Waals surface area contributed by atoms with Gasteiger partial charge in [0.1, 0.15) is 11.5 Å². The third kappa shape index (κ3) is 2.55. The molecule has 3 unspecified atom stereocenters. The maximum atomic E-state index is 13.1. The molecule has 7 heteroatoms. The molecular formula is C21H29N3O4. The van der Waals surface area contributed by atoms with Crippen molar-refractivity contribution in [2.24, 2.45) is 40.9 Å². The first-order chi connectivity index (χ1) is 13.4. The van der Waals surface area contributed by atoms with Crippen LogP contribution in [-0.2, 0) is 16.1 Å². The summed E-state index contributed by atoms with van der Waals surface area (Å²) in [5.74, 6) is 0.496. The number of carboxylic acids is 1. The van der Waals surface area contributed by atoms with Crippen LogP contribution in [0.1, 0.15) is 37.1 Å². The van der Waals surface area contributed by atoms with Gasteiger partial charge in [0, 0.05) is 12.6 Å². The molecule has 1 aromatic rings. The van der Waals surface area contributed by atoms with E-state index in [9.17, 15) is 14.7 Å². The van der Waals surface area contributed by atoms with Gasteiger partial charge in [-0.1, -0.05) is 5.16 Å². The lowest BCUT2D eigenvalue weighted by molar-refractivity contribution is -0.149. The highest BCUT2D eigenvalue weighted by Gasteiger charge is 2.77. The second-order valence-corrected chi connectivity index (χ2v) is 9.56. The number of aliphatic carboxylic acids is 1. The molecule has 1 aromatic heterocycles. The number of nitrogens with zero attached hydrogens (tertiary/aromatic N) is 2. The number of amides is 1. The molecule has 1 aliphatic heterocycles. The Morgan fingerprint density at radius 3 is 2.64 bits per heavy atom. The minimum absolute atomic E-state index is 0.103. The second-order valence-electron chi connectivity index (χ2n) is 9.56. The lowest BCUT2D eigenvalue weighted by atomic mass is 9.78. The molecule has 1 saturated heterocycles. The van der Waals surface area contributed by atoms with Crippen LogP contribution >= 0.6 is 0 Å². The summed E-state index contributed by atoms with van der Waals surface area (Å²) >= 11 is 0. The fourth-order valence-corrected chi connectivity index (χ4v) is 7.25. The first kappa shape index (κ1) is 18.2. The van der Waals surface area contributed by atoms with Crippen molar-refractivity contribution in [1.82, 2.24) is 15.4 Å². The zero-order chi connectivity index (χ0) is 19.6. The van der Waals surface area contributed by atoms with E-state index in [0.717, 1.165) is 32.4 Å². The van der Waals surface area contributed by atoms with E-state index in [2.05, 4.69) is 22.4 Å². The van der Waals surface area contributed by atoms with Crippen LogP contribution in [0, 0.1) is 47.8 Å². The molecule has 7 atom stereocenters. The van der Waals surface area contributed by atoms with Crippen molar-refractivity contribution in [2.45, 2.75) is 39.2 Å². The molecule has 4 aliphatic rings. The van der Waals surface area contributed by atoms with Crippen LogP contribution in [-0.4, -0.2) is 47.2 Å². The lowest BCUT2D eigenvalue weighted by Gasteiger charge is -2.26. The first-order valence-electron chi connectivity index (χ1n) is 10.5. The van der Waals surface area contributed by atoms with Gasteiger partial charge in [-0.05, 0) is 75.3 Å². The molecule has 3 aliphatic carbocycles. The zero-order valence-corrected chi connectivity index (χ0v) is 16.6. The molecule has 0 aromatic carbocycles. The molecule has 3 saturated carbocycles. The Labute approximate surface area is 164 Å². The normalized spacial score (nSPS) is 41.6. The highest BCUT2D eigenvalue weighted by molar-refractivity contribution is 5.86. The SMILES string of the molecule is Cc1cc(CNC(=O)[C@H]2[C@H](C(=O)O)[C@H]3CC[C@@H]2C32CC2C2CCN(C)C2)no1. The van der Waals surface area contributed by atoms with E-state index in [-0.39, 0.29) is 23.2 Å². The molecular weight excluding hydrogens is 358 g/mol. The summed E-state index contributed by atoms with van der Waals surface area (Å²) in [6.45, 7) is 4.36. The second kappa shape index (κ2) is 6.31. The Balaban J connectivity index is 1.35. The van der Waals surface area contributed by atoms with Gasteiger partial charge in [-0.15, -0.1) is 0 Å². The highest BCUT2D eigenvalue weighted by atomic mass is 16.5. The molecule has 152 valence electrons. The van der Waals surface area contributed by atoms with Crippen molar-refractivity contribution in [1.29, 1.82) is 0 Å². The predicted octanol–water partition coefficient (Wildman–Crippen LogP) is 1.91. The van der Waals surface area contributed by atoms with E-state index in [0.29, 0.717) is 29.8 Å². The maximum absolute atomic E-state index is 13.1. The van der Waals surface area contributed by atoms with Gasteiger partial charge in [-0.25, -0.2) is 0 Å². The summed E-state index contributed by atoms with van der Waals surface area (Å²) in [5.41, 5.74) is 0.777. The van der Waals surface area contributed by atoms with Gasteiger partial charge < -0.3 is 19.8 Å². The van der Waals surface area contributed by atoms with E-state index in [1.54, 1.807) is 6.07 Å². The summed E-state index contributed by atoms with van der Waals surface area (Å²) in [4.78, 5) is 27.6. The van der Waals surface area contributed by atoms with Crippen molar-refractivity contribution < 1.29 is 19.2 Å². The molecule has 28 heavy (non-hydrogen) atoms. The Morgan fingerprint density at radius 1 is 1.29 bits per heavy atom. The Morgan fingerprint density at radius 2 is 2.04 bits per heavy atom. The molecule has 2 heterocycles. The monoisotopic (exact) mass is 387 g/mol. The van der Waals surface area contributed by atoms with Gasteiger partial charge in [0.05, 0.1) is 18.4 Å². The molecule has 2 bridgehead atoms. The molecule has 4 fully saturated rings. The zero-order valence-electron chi connectivity index (χ0n) is 16.6. The number of hydrogen-bond acceptors (Lipinski definition) is 5. The number of hydrogen-bond donors (Lipinski definition) is 2. The van der Waals surface area contributed by atoms with Gasteiger partial charge in [0.15, 0.2) is 0 Å². The number of carbonyl (C=O) groups is 2. The van der Waals surface area contributed by atoms with E-state index < -0.39 is 17.8 Å². The molecule has 5 rings (SSSR count). The Kier molecular flexibility index (Phi) is 4.09. The van der Waals surface area contributed by atoms with Crippen LogP contribution in [0.5, 0.6) is 0 Å². The molecule has 1 spiro atoms. The first-order valence-corrected chi connectivity index (χ1v) is 10.5. The minimum atomic E-state index is -0.793. The average Bonchev–Trinajstić information content (AvgIpc) is 2.98. The number of carbonyl (C=O) groups excluding carboxylic acids is 1. The Hall–Kier alpha value is -1.89. The van der Waals surface area contributed by atoms with E-state index in [1.807, 2.05) is 6.92 Å². The van der Waals surface area contributed by atoms with Crippen molar-refractivity contribution in [3.63, 3.8) is 0 Å². The van der Waals surface area contributed by atoms with Gasteiger partial charge in [0.2, 0.25) is 5.91 Å². The summed E-state index contributed by atoms with van der Waals surface area (Å²) < 4.78 is 5.05. The van der Waals surface area contributed by atoms with Gasteiger partial charge in [-0.2, -0.15) is 0 Å². The van der Waals surface area contributed by atoms with Crippen molar-refractivity contribution in [3.8, 4) is 0 Å². The highest BCUT2D eigenvalue weighted by Crippen LogP contribution is 2.79. The minimum Gasteiger partial charge on any atom is -0.481 e. The number of aromatic nitrogens is 1. The average molecular weight is 387 g/mol. The number of aryl methyl sites for hydroxylation is 1. The third-order valence-electron chi connectivity index (χ3n) is 8.23. The van der Waals surface area contributed by atoms with E-state index in [4.69, 9.17) is 4.52 Å². The molecule has 2 N–H and O–H groups in total. The summed E-state index contributed by atoms with van der Waals surface area (Å²) in [6, 6.07) is 1.80. The number of nitrogens with one attached hydrogen (secondary N) is 1. The van der Waals surface area contributed by atoms with Crippen LogP contribution in [0.2, 0.25) is 0 Å². The van der Waals surface area contributed by atoms with Gasteiger partial charge in [-0.3, -0.25) is 9.59 Å². The van der Waals surface area contributed by atoms with E-state index >= 15 is 0 Å². The van der Waals surface area contributed by atoms with E-state index in [1.165, 1.54) is 6.42 Å². The van der Waals surface area contributed by atoms with Crippen molar-refractivity contribution in [3.05, 3.63) is 17.5 Å². The summed E-state index contributed by atoms with van der Waals surface area (Å²) in [6.07, 6.45) is 4.29. The molecule has 0 radical (unpaired) electrons. The van der Waals surface area contributed by atoms with Crippen molar-refractivity contribution in [2.75, 3.05) is 20.1 Å². The van der Waals surface area contributed by atoms with Crippen LogP contribution in [0.3, 0.4) is 0 Å². The summed E-state index contributed by atoms with van der Waals surface area (Å²) in [7, 11) is 2.17. The fraction of sp³-hybridized carbons (Fsp3) is 0.762. The largest absolute Gasteiger partial charge is 0.481 e. The number of rotatable bonds is 5. The van der Waals surface area contributed by atoms with Gasteiger partial charge in [0.25, 0.3) is 0 Å². The predicted molar refractivity (Wildman–Crippen MR) is 100 cm³/mol. The standard InChI is InChI=1S/C21H29N3O4/c1-11-7-13(23-28-11)9-22-19(25)17-14-3-4-15(18(17)20(26)27)21(14)8-16(21)12-5-6-24(2)10-12/h7,12,14-18H,3-6,8-10H2,1-2H3,(H,22,25)(H,26,27)/t12?,14-,15+,16?,17+,18+,21?/m0/s1. The van der Waals surface area contributed by atoms with Crippen LogP contribution < -0.4 is 5.32 Å². The maximum Gasteiger partial charge on any atom is 0.307 e. The quantitative estimate of drug-likeness (QED) is 0.801. The molecule has 7 nitrogen and oxygen atoms in total. The smallest absolute Gasteiger partial charge is 0.307 e. The lowest BCUT2D eigenvalue weighted by Crippen LogP contribution is -2.41.